The van der Waals surface area contributed by atoms with E-state index in [1.165, 1.54) is 12.1 Å². The van der Waals surface area contributed by atoms with Crippen LogP contribution in [0.5, 0.6) is 0 Å². The molecule has 120 valence electrons. The number of rotatable bonds is 4. The Bertz CT molecular complexity index is 647. The second-order valence-corrected chi connectivity index (χ2v) is 6.00. The van der Waals surface area contributed by atoms with E-state index in [4.69, 9.17) is 0 Å². The molecule has 2 aromatic rings. The molecule has 4 heteroatoms. The Kier molecular flexibility index (Phi) is 4.84. The van der Waals surface area contributed by atoms with Crippen molar-refractivity contribution < 1.29 is 9.50 Å². The number of hydrogen-bond acceptors (Lipinski definition) is 3. The molecular weight excluding hydrogens is 291 g/mol. The Labute approximate surface area is 136 Å². The van der Waals surface area contributed by atoms with Crippen LogP contribution in [0.15, 0.2) is 54.7 Å². The number of aliphatic hydroxyl groups is 1. The number of nitrogens with zero attached hydrogens (tertiary/aromatic N) is 2. The lowest BCUT2D eigenvalue weighted by molar-refractivity contribution is -0.0268. The molecule has 0 saturated carbocycles. The number of piperidine rings is 1. The third-order valence-electron chi connectivity index (χ3n) is 4.37. The minimum absolute atomic E-state index is 0.216. The van der Waals surface area contributed by atoms with Crippen LogP contribution in [0.4, 0.5) is 4.39 Å². The molecule has 3 nitrogen and oxygen atoms in total. The van der Waals surface area contributed by atoms with Gasteiger partial charge in [-0.05, 0) is 42.7 Å². The Morgan fingerprint density at radius 3 is 2.52 bits per heavy atom. The van der Waals surface area contributed by atoms with Gasteiger partial charge in [0.2, 0.25) is 0 Å². The third-order valence-corrected chi connectivity index (χ3v) is 4.37. The van der Waals surface area contributed by atoms with Crippen molar-refractivity contribution in [1.82, 2.24) is 9.88 Å². The predicted octanol–water partition coefficient (Wildman–Crippen LogP) is 3.22. The van der Waals surface area contributed by atoms with Gasteiger partial charge >= 0.3 is 0 Å². The van der Waals surface area contributed by atoms with Crippen LogP contribution >= 0.6 is 0 Å². The molecule has 1 N–H and O–H groups in total. The largest absolute Gasteiger partial charge is 0.383 e. The van der Waals surface area contributed by atoms with Gasteiger partial charge in [-0.2, -0.15) is 0 Å². The third kappa shape index (κ3) is 4.03. The molecule has 0 bridgehead atoms. The van der Waals surface area contributed by atoms with Crippen LogP contribution in [0, 0.1) is 5.82 Å². The Morgan fingerprint density at radius 1 is 1.13 bits per heavy atom. The molecule has 0 unspecified atom stereocenters. The van der Waals surface area contributed by atoms with Crippen LogP contribution in [0.2, 0.25) is 0 Å². The zero-order chi connectivity index (χ0) is 16.1. The highest BCUT2D eigenvalue weighted by molar-refractivity contribution is 5.48. The second kappa shape index (κ2) is 7.02. The lowest BCUT2D eigenvalue weighted by Gasteiger charge is -2.37. The van der Waals surface area contributed by atoms with Gasteiger partial charge in [-0.3, -0.25) is 9.88 Å². The molecule has 0 atom stereocenters. The molecule has 3 rings (SSSR count). The molecule has 0 aliphatic carbocycles. The highest BCUT2D eigenvalue weighted by Gasteiger charge is 2.34. The molecule has 0 spiro atoms. The van der Waals surface area contributed by atoms with Crippen LogP contribution in [0.25, 0.3) is 6.08 Å². The van der Waals surface area contributed by atoms with Crippen molar-refractivity contribution in [2.75, 3.05) is 19.6 Å². The highest BCUT2D eigenvalue weighted by Crippen LogP contribution is 2.31. The first-order chi connectivity index (χ1) is 11.2. The fraction of sp³-hybridized carbons (Fsp3) is 0.316. The maximum absolute atomic E-state index is 12.9. The normalized spacial score (nSPS) is 18.3. The van der Waals surface area contributed by atoms with Gasteiger partial charge in [0.05, 0.1) is 5.69 Å². The first-order valence-electron chi connectivity index (χ1n) is 7.94. The van der Waals surface area contributed by atoms with E-state index >= 15 is 0 Å². The monoisotopic (exact) mass is 312 g/mol. The van der Waals surface area contributed by atoms with Crippen LogP contribution < -0.4 is 0 Å². The fourth-order valence-corrected chi connectivity index (χ4v) is 2.91. The molecule has 23 heavy (non-hydrogen) atoms. The average molecular weight is 312 g/mol. The summed E-state index contributed by atoms with van der Waals surface area (Å²) in [5.74, 6) is -0.216. The molecule has 1 saturated heterocycles. The van der Waals surface area contributed by atoms with Gasteiger partial charge in [-0.1, -0.05) is 30.4 Å². The summed E-state index contributed by atoms with van der Waals surface area (Å²) in [6.45, 7) is 2.50. The number of pyridine rings is 1. The van der Waals surface area contributed by atoms with Gasteiger partial charge in [-0.15, -0.1) is 0 Å². The SMILES string of the molecule is OC1(c2ccccn2)CCN(C/C=C/c2ccc(F)cc2)CC1. The van der Waals surface area contributed by atoms with Crippen molar-refractivity contribution in [2.24, 2.45) is 0 Å². The molecule has 1 aliphatic heterocycles. The summed E-state index contributed by atoms with van der Waals surface area (Å²) >= 11 is 0. The highest BCUT2D eigenvalue weighted by atomic mass is 19.1. The van der Waals surface area contributed by atoms with Gasteiger partial charge in [-0.25, -0.2) is 4.39 Å². The maximum Gasteiger partial charge on any atom is 0.123 e. The Morgan fingerprint density at radius 2 is 1.87 bits per heavy atom. The van der Waals surface area contributed by atoms with Gasteiger partial charge in [0.1, 0.15) is 11.4 Å². The van der Waals surface area contributed by atoms with Gasteiger partial charge in [0.15, 0.2) is 0 Å². The minimum atomic E-state index is -0.807. The van der Waals surface area contributed by atoms with E-state index < -0.39 is 5.60 Å². The summed E-state index contributed by atoms with van der Waals surface area (Å²) < 4.78 is 12.9. The topological polar surface area (TPSA) is 36.4 Å². The van der Waals surface area contributed by atoms with Crippen molar-refractivity contribution >= 4 is 6.08 Å². The number of aromatic nitrogens is 1. The zero-order valence-corrected chi connectivity index (χ0v) is 13.0. The quantitative estimate of drug-likeness (QED) is 0.942. The lowest BCUT2D eigenvalue weighted by Crippen LogP contribution is -2.43. The fourth-order valence-electron chi connectivity index (χ4n) is 2.91. The first kappa shape index (κ1) is 15.8. The van der Waals surface area contributed by atoms with E-state index in [1.807, 2.05) is 24.3 Å². The summed E-state index contributed by atoms with van der Waals surface area (Å²) in [7, 11) is 0. The average Bonchev–Trinajstić information content (AvgIpc) is 2.59. The zero-order valence-electron chi connectivity index (χ0n) is 13.0. The van der Waals surface area contributed by atoms with E-state index in [0.29, 0.717) is 12.8 Å². The predicted molar refractivity (Wildman–Crippen MR) is 89.2 cm³/mol. The van der Waals surface area contributed by atoms with Crippen molar-refractivity contribution in [1.29, 1.82) is 0 Å². The number of benzene rings is 1. The molecule has 1 fully saturated rings. The van der Waals surface area contributed by atoms with E-state index in [2.05, 4.69) is 16.0 Å². The molecule has 1 aromatic heterocycles. The molecule has 0 amide bonds. The van der Waals surface area contributed by atoms with Gasteiger partial charge in [0, 0.05) is 25.8 Å². The van der Waals surface area contributed by atoms with Crippen molar-refractivity contribution in [3.8, 4) is 0 Å². The molecular formula is C19H21FN2O. The van der Waals surface area contributed by atoms with Crippen molar-refractivity contribution in [3.63, 3.8) is 0 Å². The van der Waals surface area contributed by atoms with Crippen LogP contribution in [0.1, 0.15) is 24.1 Å². The van der Waals surface area contributed by atoms with Crippen molar-refractivity contribution in [3.05, 3.63) is 71.8 Å². The number of likely N-dealkylation sites (tertiary alicyclic amines) is 1. The summed E-state index contributed by atoms with van der Waals surface area (Å²) in [4.78, 5) is 6.60. The standard InChI is InChI=1S/C19H21FN2O/c20-17-8-6-16(7-9-17)4-3-13-22-14-10-19(23,11-15-22)18-5-1-2-12-21-18/h1-9,12,23H,10-11,13-15H2/b4-3+. The van der Waals surface area contributed by atoms with Crippen molar-refractivity contribution in [2.45, 2.75) is 18.4 Å². The van der Waals surface area contributed by atoms with Crippen LogP contribution in [-0.4, -0.2) is 34.6 Å². The smallest absolute Gasteiger partial charge is 0.123 e. The lowest BCUT2D eigenvalue weighted by atomic mass is 9.88. The molecule has 2 heterocycles. The second-order valence-electron chi connectivity index (χ2n) is 6.00. The maximum atomic E-state index is 12.9. The molecule has 0 radical (unpaired) electrons. The summed E-state index contributed by atoms with van der Waals surface area (Å²) in [5.41, 5.74) is 0.952. The molecule has 1 aromatic carbocycles. The minimum Gasteiger partial charge on any atom is -0.383 e. The van der Waals surface area contributed by atoms with E-state index in [-0.39, 0.29) is 5.82 Å². The Hall–Kier alpha value is -2.04. The molecule has 1 aliphatic rings. The van der Waals surface area contributed by atoms with E-state index in [1.54, 1.807) is 18.3 Å². The van der Waals surface area contributed by atoms with Crippen LogP contribution in [-0.2, 0) is 5.60 Å². The first-order valence-corrected chi connectivity index (χ1v) is 7.94. The number of hydrogen-bond donors (Lipinski definition) is 1. The Balaban J connectivity index is 1.52. The summed E-state index contributed by atoms with van der Waals surface area (Å²) in [6.07, 6.45) is 7.19. The van der Waals surface area contributed by atoms with E-state index in [0.717, 1.165) is 30.9 Å². The van der Waals surface area contributed by atoms with Gasteiger partial charge in [0.25, 0.3) is 0 Å². The van der Waals surface area contributed by atoms with E-state index in [9.17, 15) is 9.50 Å². The van der Waals surface area contributed by atoms with Crippen LogP contribution in [0.3, 0.4) is 0 Å². The summed E-state index contributed by atoms with van der Waals surface area (Å²) in [6, 6.07) is 12.1. The summed E-state index contributed by atoms with van der Waals surface area (Å²) in [5, 5.41) is 10.7. The number of halogens is 1. The van der Waals surface area contributed by atoms with Gasteiger partial charge < -0.3 is 5.11 Å².